The minimum atomic E-state index is -0.127. The lowest BCUT2D eigenvalue weighted by molar-refractivity contribution is 0.0601. The van der Waals surface area contributed by atoms with Gasteiger partial charge < -0.3 is 4.90 Å². The number of hydrogen-bond donors (Lipinski definition) is 0. The molecule has 1 aliphatic carbocycles. The van der Waals surface area contributed by atoms with Gasteiger partial charge in [-0.15, -0.1) is 5.10 Å². The van der Waals surface area contributed by atoms with E-state index >= 15 is 0 Å². The van der Waals surface area contributed by atoms with Gasteiger partial charge in [0.2, 0.25) is 5.82 Å². The molecule has 2 aromatic heterocycles. The summed E-state index contributed by atoms with van der Waals surface area (Å²) in [6.45, 7) is 4.75. The van der Waals surface area contributed by atoms with Crippen LogP contribution in [-0.2, 0) is 0 Å². The Kier molecular flexibility index (Phi) is 4.41. The summed E-state index contributed by atoms with van der Waals surface area (Å²) in [7, 11) is 0. The molecule has 1 aliphatic rings. The zero-order valence-electron chi connectivity index (χ0n) is 15.2. The number of carbonyl (C=O) groups is 1. The molecule has 6 nitrogen and oxygen atoms in total. The van der Waals surface area contributed by atoms with Crippen molar-refractivity contribution < 1.29 is 4.79 Å². The number of fused-ring (bicyclic) bond motifs is 1. The molecule has 0 bridgehead atoms. The quantitative estimate of drug-likeness (QED) is 0.708. The first-order chi connectivity index (χ1) is 12.6. The lowest BCUT2D eigenvalue weighted by Crippen LogP contribution is -2.39. The van der Waals surface area contributed by atoms with Gasteiger partial charge in [0.1, 0.15) is 0 Å². The predicted molar refractivity (Wildman–Crippen MR) is 98.8 cm³/mol. The van der Waals surface area contributed by atoms with E-state index in [9.17, 15) is 4.79 Å². The molecule has 0 aliphatic heterocycles. The first-order valence-corrected chi connectivity index (χ1v) is 9.18. The number of rotatable bonds is 5. The van der Waals surface area contributed by atoms with Crippen molar-refractivity contribution in [2.45, 2.75) is 39.2 Å². The van der Waals surface area contributed by atoms with Crippen molar-refractivity contribution in [1.82, 2.24) is 24.5 Å². The molecule has 1 unspecified atom stereocenters. The molecule has 26 heavy (non-hydrogen) atoms. The monoisotopic (exact) mass is 349 g/mol. The normalized spacial score (nSPS) is 15.6. The fourth-order valence-corrected chi connectivity index (χ4v) is 3.41. The Hall–Kier alpha value is -2.76. The SMILES string of the molecule is Cc1ccnc2nc(C(=O)N(CC3CCC3)C(C)c3ccccc3)nn12. The molecule has 1 amide bonds. The maximum atomic E-state index is 13.3. The number of aromatic nitrogens is 4. The van der Waals surface area contributed by atoms with Crippen LogP contribution in [0.1, 0.15) is 54.1 Å². The Morgan fingerprint density at radius 2 is 2.04 bits per heavy atom. The van der Waals surface area contributed by atoms with E-state index in [-0.39, 0.29) is 17.8 Å². The van der Waals surface area contributed by atoms with Crippen LogP contribution in [-0.4, -0.2) is 36.9 Å². The molecule has 1 aromatic carbocycles. The molecule has 1 atom stereocenters. The van der Waals surface area contributed by atoms with Crippen LogP contribution in [0.4, 0.5) is 0 Å². The minimum Gasteiger partial charge on any atom is -0.329 e. The zero-order valence-corrected chi connectivity index (χ0v) is 15.2. The van der Waals surface area contributed by atoms with Crippen molar-refractivity contribution in [1.29, 1.82) is 0 Å². The van der Waals surface area contributed by atoms with Gasteiger partial charge in [0, 0.05) is 18.4 Å². The highest BCUT2D eigenvalue weighted by atomic mass is 16.2. The van der Waals surface area contributed by atoms with Crippen molar-refractivity contribution >= 4 is 11.7 Å². The second-order valence-electron chi connectivity index (χ2n) is 7.07. The summed E-state index contributed by atoms with van der Waals surface area (Å²) in [5.74, 6) is 1.12. The van der Waals surface area contributed by atoms with Gasteiger partial charge in [0.15, 0.2) is 0 Å². The van der Waals surface area contributed by atoms with E-state index < -0.39 is 0 Å². The van der Waals surface area contributed by atoms with Crippen LogP contribution in [0.5, 0.6) is 0 Å². The van der Waals surface area contributed by atoms with Crippen LogP contribution in [0.2, 0.25) is 0 Å². The van der Waals surface area contributed by atoms with E-state index in [1.54, 1.807) is 10.7 Å². The molecule has 3 aromatic rings. The Labute approximate surface area is 152 Å². The van der Waals surface area contributed by atoms with Crippen molar-refractivity contribution in [3.05, 3.63) is 59.7 Å². The maximum absolute atomic E-state index is 13.3. The highest BCUT2D eigenvalue weighted by Gasteiger charge is 2.30. The molecule has 0 saturated heterocycles. The molecule has 6 heteroatoms. The van der Waals surface area contributed by atoms with Gasteiger partial charge in [0.25, 0.3) is 11.7 Å². The summed E-state index contributed by atoms with van der Waals surface area (Å²) in [6, 6.07) is 12.0. The van der Waals surface area contributed by atoms with Gasteiger partial charge in [0.05, 0.1) is 6.04 Å². The summed E-state index contributed by atoms with van der Waals surface area (Å²) in [5.41, 5.74) is 2.03. The summed E-state index contributed by atoms with van der Waals surface area (Å²) in [6.07, 6.45) is 5.31. The van der Waals surface area contributed by atoms with Crippen LogP contribution in [0, 0.1) is 12.8 Å². The molecule has 1 fully saturated rings. The molecule has 0 radical (unpaired) electrons. The Morgan fingerprint density at radius 1 is 1.27 bits per heavy atom. The molecule has 134 valence electrons. The van der Waals surface area contributed by atoms with Crippen molar-refractivity contribution in [2.75, 3.05) is 6.54 Å². The molecule has 0 N–H and O–H groups in total. The summed E-state index contributed by atoms with van der Waals surface area (Å²) in [5, 5.41) is 4.41. The van der Waals surface area contributed by atoms with E-state index in [4.69, 9.17) is 0 Å². The Morgan fingerprint density at radius 3 is 2.69 bits per heavy atom. The van der Waals surface area contributed by atoms with Gasteiger partial charge in [-0.3, -0.25) is 4.79 Å². The smallest absolute Gasteiger partial charge is 0.294 e. The largest absolute Gasteiger partial charge is 0.329 e. The van der Waals surface area contributed by atoms with E-state index in [0.717, 1.165) is 17.8 Å². The second-order valence-corrected chi connectivity index (χ2v) is 7.07. The number of nitrogens with zero attached hydrogens (tertiary/aromatic N) is 5. The Bertz CT molecular complexity index is 916. The number of aryl methyl sites for hydroxylation is 1. The second kappa shape index (κ2) is 6.86. The summed E-state index contributed by atoms with van der Waals surface area (Å²) in [4.78, 5) is 23.8. The van der Waals surface area contributed by atoms with E-state index in [1.807, 2.05) is 36.1 Å². The highest BCUT2D eigenvalue weighted by Crippen LogP contribution is 2.31. The predicted octanol–water partition coefficient (Wildman–Crippen LogP) is 3.44. The standard InChI is InChI=1S/C20H23N5O/c1-14-11-12-21-20-22-18(23-25(14)20)19(26)24(13-16-7-6-8-16)15(2)17-9-4-3-5-10-17/h3-5,9-12,15-16H,6-8,13H2,1-2H3. The van der Waals surface area contributed by atoms with E-state index in [2.05, 4.69) is 34.1 Å². The van der Waals surface area contributed by atoms with Crippen molar-refractivity contribution in [3.8, 4) is 0 Å². The number of benzene rings is 1. The van der Waals surface area contributed by atoms with Gasteiger partial charge in [-0.2, -0.15) is 4.98 Å². The zero-order chi connectivity index (χ0) is 18.1. The number of carbonyl (C=O) groups excluding carboxylic acids is 1. The highest BCUT2D eigenvalue weighted by molar-refractivity contribution is 5.91. The van der Waals surface area contributed by atoms with Crippen LogP contribution in [0.3, 0.4) is 0 Å². The minimum absolute atomic E-state index is 0.0232. The Balaban J connectivity index is 1.67. The lowest BCUT2D eigenvalue weighted by Gasteiger charge is -2.35. The van der Waals surface area contributed by atoms with Crippen LogP contribution in [0.25, 0.3) is 5.78 Å². The van der Waals surface area contributed by atoms with Crippen molar-refractivity contribution in [2.24, 2.45) is 5.92 Å². The van der Waals surface area contributed by atoms with Gasteiger partial charge in [-0.25, -0.2) is 9.50 Å². The fourth-order valence-electron chi connectivity index (χ4n) is 3.41. The summed E-state index contributed by atoms with van der Waals surface area (Å²) >= 11 is 0. The average Bonchev–Trinajstić information content (AvgIpc) is 3.06. The third-order valence-electron chi connectivity index (χ3n) is 5.31. The molecule has 4 rings (SSSR count). The molecular weight excluding hydrogens is 326 g/mol. The van der Waals surface area contributed by atoms with Gasteiger partial charge in [-0.1, -0.05) is 36.8 Å². The average molecular weight is 349 g/mol. The van der Waals surface area contributed by atoms with Crippen LogP contribution < -0.4 is 0 Å². The van der Waals surface area contributed by atoms with Crippen LogP contribution >= 0.6 is 0 Å². The van der Waals surface area contributed by atoms with Gasteiger partial charge >= 0.3 is 0 Å². The third kappa shape index (κ3) is 3.07. The topological polar surface area (TPSA) is 63.4 Å². The molecule has 0 spiro atoms. The molecular formula is C20H23N5O. The summed E-state index contributed by atoms with van der Waals surface area (Å²) < 4.78 is 1.63. The molecule has 2 heterocycles. The number of amides is 1. The number of hydrogen-bond acceptors (Lipinski definition) is 4. The fraction of sp³-hybridized carbons (Fsp3) is 0.400. The first-order valence-electron chi connectivity index (χ1n) is 9.18. The van der Waals surface area contributed by atoms with E-state index in [0.29, 0.717) is 11.7 Å². The van der Waals surface area contributed by atoms with Gasteiger partial charge in [-0.05, 0) is 44.2 Å². The third-order valence-corrected chi connectivity index (χ3v) is 5.31. The van der Waals surface area contributed by atoms with Crippen LogP contribution in [0.15, 0.2) is 42.6 Å². The first kappa shape index (κ1) is 16.7. The van der Waals surface area contributed by atoms with Crippen molar-refractivity contribution in [3.63, 3.8) is 0 Å². The van der Waals surface area contributed by atoms with E-state index in [1.165, 1.54) is 19.3 Å². The molecule has 1 saturated carbocycles. The lowest BCUT2D eigenvalue weighted by atomic mass is 9.84. The maximum Gasteiger partial charge on any atom is 0.294 e.